The first-order valence-electron chi connectivity index (χ1n) is 4.85. The maximum atomic E-state index is 11.4. The largest absolute Gasteiger partial charge is 0.462 e. The highest BCUT2D eigenvalue weighted by atomic mass is 16.5. The van der Waals surface area contributed by atoms with Crippen molar-refractivity contribution in [3.05, 3.63) is 17.6 Å². The summed E-state index contributed by atoms with van der Waals surface area (Å²) in [7, 11) is 0. The topological polar surface area (TPSA) is 78.1 Å². The molecule has 0 atom stereocenters. The molecule has 0 amide bonds. The van der Waals surface area contributed by atoms with E-state index in [1.165, 1.54) is 6.20 Å². The Bertz CT molecular complexity index is 364. The summed E-state index contributed by atoms with van der Waals surface area (Å²) in [5.74, 6) is 0.501. The Balaban J connectivity index is 2.98. The third-order valence-corrected chi connectivity index (χ3v) is 1.85. The minimum Gasteiger partial charge on any atom is -0.462 e. The molecule has 1 aromatic heterocycles. The van der Waals surface area contributed by atoms with Crippen molar-refractivity contribution in [3.63, 3.8) is 0 Å². The van der Waals surface area contributed by atoms with Gasteiger partial charge in [-0.25, -0.2) is 14.8 Å². The minimum absolute atomic E-state index is 0.173. The summed E-state index contributed by atoms with van der Waals surface area (Å²) >= 11 is 0. The fourth-order valence-electron chi connectivity index (χ4n) is 1.05. The number of esters is 1. The number of nitrogens with zero attached hydrogens (tertiary/aromatic N) is 2. The van der Waals surface area contributed by atoms with E-state index in [1.807, 2.05) is 13.8 Å². The Labute approximate surface area is 88.7 Å². The molecule has 1 aromatic rings. The number of rotatable bonds is 3. The normalized spacial score (nSPS) is 10.4. The number of hydrogen-bond donors (Lipinski definition) is 1. The molecule has 5 heteroatoms. The number of ether oxygens (including phenoxy) is 1. The second-order valence-electron chi connectivity index (χ2n) is 3.40. The van der Waals surface area contributed by atoms with Crippen molar-refractivity contribution in [2.24, 2.45) is 0 Å². The molecule has 0 saturated heterocycles. The highest BCUT2D eigenvalue weighted by Gasteiger charge is 2.14. The first-order chi connectivity index (χ1) is 7.06. The van der Waals surface area contributed by atoms with Gasteiger partial charge in [-0.15, -0.1) is 0 Å². The van der Waals surface area contributed by atoms with Crippen molar-refractivity contribution in [2.45, 2.75) is 26.7 Å². The molecule has 0 radical (unpaired) electrons. The number of carbonyl (C=O) groups is 1. The van der Waals surface area contributed by atoms with Crippen LogP contribution in [0.2, 0.25) is 0 Å². The van der Waals surface area contributed by atoms with Crippen LogP contribution in [0.4, 0.5) is 5.82 Å². The van der Waals surface area contributed by atoms with Gasteiger partial charge < -0.3 is 10.5 Å². The lowest BCUT2D eigenvalue weighted by molar-refractivity contribution is 0.0526. The van der Waals surface area contributed by atoms with Crippen LogP contribution in [0, 0.1) is 0 Å². The fraction of sp³-hybridized carbons (Fsp3) is 0.500. The van der Waals surface area contributed by atoms with Crippen LogP contribution in [0.1, 0.15) is 42.9 Å². The summed E-state index contributed by atoms with van der Waals surface area (Å²) in [4.78, 5) is 19.5. The maximum absolute atomic E-state index is 11.4. The molecule has 0 saturated carbocycles. The summed E-state index contributed by atoms with van der Waals surface area (Å²) in [5.41, 5.74) is 5.86. The van der Waals surface area contributed by atoms with Crippen molar-refractivity contribution in [2.75, 3.05) is 12.3 Å². The lowest BCUT2D eigenvalue weighted by atomic mass is 10.2. The van der Waals surface area contributed by atoms with Gasteiger partial charge >= 0.3 is 5.97 Å². The van der Waals surface area contributed by atoms with E-state index in [0.717, 1.165) is 0 Å². The average Bonchev–Trinajstić information content (AvgIpc) is 2.17. The van der Waals surface area contributed by atoms with E-state index in [0.29, 0.717) is 12.4 Å². The molecule has 0 aliphatic heterocycles. The van der Waals surface area contributed by atoms with E-state index in [9.17, 15) is 4.79 Å². The Kier molecular flexibility index (Phi) is 3.60. The number of nitrogen functional groups attached to an aromatic ring is 1. The molecular weight excluding hydrogens is 194 g/mol. The molecule has 0 fully saturated rings. The van der Waals surface area contributed by atoms with Crippen LogP contribution < -0.4 is 5.73 Å². The van der Waals surface area contributed by atoms with Gasteiger partial charge in [0.15, 0.2) is 0 Å². The number of anilines is 1. The van der Waals surface area contributed by atoms with Gasteiger partial charge in [0.1, 0.15) is 17.2 Å². The molecule has 0 aliphatic rings. The van der Waals surface area contributed by atoms with Crippen LogP contribution in [0.25, 0.3) is 0 Å². The molecule has 15 heavy (non-hydrogen) atoms. The molecule has 1 rings (SSSR count). The Morgan fingerprint density at radius 2 is 2.27 bits per heavy atom. The van der Waals surface area contributed by atoms with Gasteiger partial charge in [-0.3, -0.25) is 0 Å². The molecule has 0 aromatic carbocycles. The molecule has 1 heterocycles. The molecular formula is C10H15N3O2. The highest BCUT2D eigenvalue weighted by Crippen LogP contribution is 2.14. The summed E-state index contributed by atoms with van der Waals surface area (Å²) < 4.78 is 4.81. The first-order valence-corrected chi connectivity index (χ1v) is 4.85. The Morgan fingerprint density at radius 1 is 1.60 bits per heavy atom. The molecule has 5 nitrogen and oxygen atoms in total. The van der Waals surface area contributed by atoms with Crippen LogP contribution in [0.15, 0.2) is 6.20 Å². The summed E-state index contributed by atoms with van der Waals surface area (Å²) in [6, 6.07) is 0. The second kappa shape index (κ2) is 4.72. The molecule has 0 spiro atoms. The number of carbonyl (C=O) groups excluding carboxylic acids is 1. The van der Waals surface area contributed by atoms with Crippen molar-refractivity contribution >= 4 is 11.8 Å². The van der Waals surface area contributed by atoms with E-state index < -0.39 is 5.97 Å². The zero-order valence-electron chi connectivity index (χ0n) is 9.15. The van der Waals surface area contributed by atoms with Crippen LogP contribution in [-0.4, -0.2) is 22.5 Å². The lowest BCUT2D eigenvalue weighted by Crippen LogP contribution is -2.12. The molecule has 2 N–H and O–H groups in total. The number of aromatic nitrogens is 2. The lowest BCUT2D eigenvalue weighted by Gasteiger charge is -2.07. The quantitative estimate of drug-likeness (QED) is 0.760. The molecule has 0 aliphatic carbocycles. The van der Waals surface area contributed by atoms with Crippen LogP contribution in [0.3, 0.4) is 0 Å². The van der Waals surface area contributed by atoms with Crippen LogP contribution in [0.5, 0.6) is 0 Å². The third-order valence-electron chi connectivity index (χ3n) is 1.85. The Morgan fingerprint density at radius 3 is 2.73 bits per heavy atom. The van der Waals surface area contributed by atoms with E-state index in [-0.39, 0.29) is 17.3 Å². The van der Waals surface area contributed by atoms with Crippen molar-refractivity contribution in [1.29, 1.82) is 0 Å². The second-order valence-corrected chi connectivity index (χ2v) is 3.40. The summed E-state index contributed by atoms with van der Waals surface area (Å²) in [6.07, 6.45) is 1.41. The van der Waals surface area contributed by atoms with Crippen LogP contribution >= 0.6 is 0 Å². The van der Waals surface area contributed by atoms with E-state index in [1.54, 1.807) is 6.92 Å². The monoisotopic (exact) mass is 209 g/mol. The smallest absolute Gasteiger partial charge is 0.343 e. The number of nitrogens with two attached hydrogens (primary N) is 1. The van der Waals surface area contributed by atoms with Gasteiger partial charge in [0.25, 0.3) is 0 Å². The molecule has 0 bridgehead atoms. The summed E-state index contributed by atoms with van der Waals surface area (Å²) in [6.45, 7) is 5.96. The third kappa shape index (κ3) is 2.65. The maximum Gasteiger partial charge on any atom is 0.343 e. The Hall–Kier alpha value is -1.65. The highest BCUT2D eigenvalue weighted by molar-refractivity contribution is 5.93. The van der Waals surface area contributed by atoms with Gasteiger partial charge in [0.05, 0.1) is 6.61 Å². The van der Waals surface area contributed by atoms with Gasteiger partial charge in [0, 0.05) is 12.1 Å². The molecule has 82 valence electrons. The van der Waals surface area contributed by atoms with Crippen molar-refractivity contribution in [1.82, 2.24) is 9.97 Å². The zero-order valence-corrected chi connectivity index (χ0v) is 9.15. The van der Waals surface area contributed by atoms with Crippen molar-refractivity contribution < 1.29 is 9.53 Å². The van der Waals surface area contributed by atoms with Crippen molar-refractivity contribution in [3.8, 4) is 0 Å². The van der Waals surface area contributed by atoms with E-state index in [2.05, 4.69) is 9.97 Å². The average molecular weight is 209 g/mol. The standard InChI is InChI=1S/C10H15N3O2/c1-4-15-10(14)7-5-12-9(6(2)3)13-8(7)11/h5-6H,4H2,1-3H3,(H2,11,12,13). The number of hydrogen-bond acceptors (Lipinski definition) is 5. The predicted molar refractivity (Wildman–Crippen MR) is 56.5 cm³/mol. The minimum atomic E-state index is -0.481. The van der Waals surface area contributed by atoms with Crippen LogP contribution in [-0.2, 0) is 4.74 Å². The molecule has 0 unspecified atom stereocenters. The van der Waals surface area contributed by atoms with Gasteiger partial charge in [-0.2, -0.15) is 0 Å². The predicted octanol–water partition coefficient (Wildman–Crippen LogP) is 1.36. The summed E-state index contributed by atoms with van der Waals surface area (Å²) in [5, 5.41) is 0. The first kappa shape index (κ1) is 11.4. The van der Waals surface area contributed by atoms with E-state index in [4.69, 9.17) is 10.5 Å². The van der Waals surface area contributed by atoms with Gasteiger partial charge in [0.2, 0.25) is 0 Å². The van der Waals surface area contributed by atoms with Gasteiger partial charge in [-0.1, -0.05) is 13.8 Å². The van der Waals surface area contributed by atoms with Gasteiger partial charge in [-0.05, 0) is 6.92 Å². The fourth-order valence-corrected chi connectivity index (χ4v) is 1.05. The SMILES string of the molecule is CCOC(=O)c1cnc(C(C)C)nc1N. The zero-order chi connectivity index (χ0) is 11.4. The van der Waals surface area contributed by atoms with E-state index >= 15 is 0 Å².